The van der Waals surface area contributed by atoms with Crippen LogP contribution in [0.2, 0.25) is 0 Å². The summed E-state index contributed by atoms with van der Waals surface area (Å²) in [5.41, 5.74) is 3.65. The molecule has 2 N–H and O–H groups in total. The Morgan fingerprint density at radius 2 is 1.72 bits per heavy atom. The van der Waals surface area contributed by atoms with Gasteiger partial charge in [-0.2, -0.15) is 0 Å². The maximum absolute atomic E-state index is 12.2. The summed E-state index contributed by atoms with van der Waals surface area (Å²) >= 11 is 0. The highest BCUT2D eigenvalue weighted by Gasteiger charge is 2.16. The van der Waals surface area contributed by atoms with Gasteiger partial charge in [0.05, 0.1) is 7.11 Å². The Morgan fingerprint density at radius 3 is 2.44 bits per heavy atom. The van der Waals surface area contributed by atoms with Gasteiger partial charge in [0.15, 0.2) is 0 Å². The minimum atomic E-state index is -0.649. The van der Waals surface area contributed by atoms with Crippen molar-refractivity contribution in [2.24, 2.45) is 0 Å². The lowest BCUT2D eigenvalue weighted by Gasteiger charge is -2.13. The number of anilines is 1. The van der Waals surface area contributed by atoms with E-state index in [4.69, 9.17) is 4.74 Å². The molecule has 0 spiro atoms. The molecule has 0 aliphatic carbocycles. The van der Waals surface area contributed by atoms with E-state index < -0.39 is 11.8 Å². The molecule has 2 aromatic carbocycles. The Balaban J connectivity index is 1.92. The molecule has 0 atom stereocenters. The molecule has 0 aromatic heterocycles. The smallest absolute Gasteiger partial charge is 0.313 e. The third kappa shape index (κ3) is 4.83. The molecular formula is C20H24N2O3. The standard InChI is InChI=1S/C20H24N2O3/c1-4-15-10-7-8-14(2)18(15)22-20(24)19(23)21-13-12-16-9-5-6-11-17(16)25-3/h5-11H,4,12-13H2,1-3H3,(H,21,23)(H,22,24). The molecule has 0 fully saturated rings. The van der Waals surface area contributed by atoms with Gasteiger partial charge >= 0.3 is 11.8 Å². The van der Waals surface area contributed by atoms with Crippen molar-refractivity contribution in [1.29, 1.82) is 0 Å². The molecule has 25 heavy (non-hydrogen) atoms. The third-order valence-electron chi connectivity index (χ3n) is 4.06. The molecule has 132 valence electrons. The molecule has 0 aliphatic rings. The summed E-state index contributed by atoms with van der Waals surface area (Å²) in [6.07, 6.45) is 1.38. The predicted octanol–water partition coefficient (Wildman–Crippen LogP) is 2.86. The Labute approximate surface area is 148 Å². The first-order valence-corrected chi connectivity index (χ1v) is 8.36. The number of methoxy groups -OCH3 is 1. The first-order valence-electron chi connectivity index (χ1n) is 8.36. The van der Waals surface area contributed by atoms with E-state index in [0.29, 0.717) is 13.0 Å². The fraction of sp³-hybridized carbons (Fsp3) is 0.300. The second kappa shape index (κ2) is 8.87. The molecule has 0 bridgehead atoms. The van der Waals surface area contributed by atoms with Crippen LogP contribution >= 0.6 is 0 Å². The number of amides is 2. The van der Waals surface area contributed by atoms with E-state index in [0.717, 1.165) is 34.5 Å². The minimum Gasteiger partial charge on any atom is -0.496 e. The molecule has 2 aromatic rings. The zero-order valence-corrected chi connectivity index (χ0v) is 14.9. The Hall–Kier alpha value is -2.82. The summed E-state index contributed by atoms with van der Waals surface area (Å²) in [6, 6.07) is 13.4. The molecule has 2 amide bonds. The molecule has 0 heterocycles. The van der Waals surface area contributed by atoms with Crippen molar-refractivity contribution in [3.63, 3.8) is 0 Å². The monoisotopic (exact) mass is 340 g/mol. The van der Waals surface area contributed by atoms with Crippen LogP contribution in [0, 0.1) is 6.92 Å². The van der Waals surface area contributed by atoms with E-state index in [2.05, 4.69) is 10.6 Å². The van der Waals surface area contributed by atoms with Crippen LogP contribution in [0.5, 0.6) is 5.75 Å². The van der Waals surface area contributed by atoms with Crippen LogP contribution in [0.3, 0.4) is 0 Å². The number of hydrogen-bond acceptors (Lipinski definition) is 3. The number of para-hydroxylation sites is 2. The van der Waals surface area contributed by atoms with Gasteiger partial charge in [-0.05, 0) is 42.5 Å². The van der Waals surface area contributed by atoms with Crippen molar-refractivity contribution < 1.29 is 14.3 Å². The van der Waals surface area contributed by atoms with Gasteiger partial charge in [0, 0.05) is 12.2 Å². The van der Waals surface area contributed by atoms with E-state index in [1.807, 2.05) is 56.3 Å². The topological polar surface area (TPSA) is 67.4 Å². The molecule has 2 rings (SSSR count). The van der Waals surface area contributed by atoms with Crippen LogP contribution in [0.4, 0.5) is 5.69 Å². The van der Waals surface area contributed by atoms with Gasteiger partial charge in [-0.1, -0.05) is 43.3 Å². The quantitative estimate of drug-likeness (QED) is 0.795. The molecule has 0 aliphatic heterocycles. The molecular weight excluding hydrogens is 316 g/mol. The molecule has 5 nitrogen and oxygen atoms in total. The lowest BCUT2D eigenvalue weighted by molar-refractivity contribution is -0.136. The van der Waals surface area contributed by atoms with Gasteiger partial charge in [0.2, 0.25) is 0 Å². The summed E-state index contributed by atoms with van der Waals surface area (Å²) in [6.45, 7) is 4.28. The number of hydrogen-bond donors (Lipinski definition) is 2. The number of ether oxygens (including phenoxy) is 1. The Bertz CT molecular complexity index is 756. The molecule has 0 radical (unpaired) electrons. The SMILES string of the molecule is CCc1cccc(C)c1NC(=O)C(=O)NCCc1ccccc1OC. The van der Waals surface area contributed by atoms with Gasteiger partial charge in [-0.25, -0.2) is 0 Å². The number of nitrogens with one attached hydrogen (secondary N) is 2. The average Bonchev–Trinajstić information content (AvgIpc) is 2.63. The van der Waals surface area contributed by atoms with Gasteiger partial charge < -0.3 is 15.4 Å². The van der Waals surface area contributed by atoms with E-state index >= 15 is 0 Å². The van der Waals surface area contributed by atoms with Gasteiger partial charge in [-0.15, -0.1) is 0 Å². The van der Waals surface area contributed by atoms with Gasteiger partial charge in [-0.3, -0.25) is 9.59 Å². The first-order chi connectivity index (χ1) is 12.1. The largest absolute Gasteiger partial charge is 0.496 e. The summed E-state index contributed by atoms with van der Waals surface area (Å²) in [5.74, 6) is -0.516. The second-order valence-electron chi connectivity index (χ2n) is 5.73. The van der Waals surface area contributed by atoms with E-state index in [1.54, 1.807) is 7.11 Å². The van der Waals surface area contributed by atoms with Crippen LogP contribution in [0.25, 0.3) is 0 Å². The normalized spacial score (nSPS) is 10.2. The van der Waals surface area contributed by atoms with Crippen LogP contribution in [0.15, 0.2) is 42.5 Å². The average molecular weight is 340 g/mol. The van der Waals surface area contributed by atoms with E-state index in [-0.39, 0.29) is 0 Å². The highest BCUT2D eigenvalue weighted by molar-refractivity contribution is 6.39. The fourth-order valence-corrected chi connectivity index (χ4v) is 2.67. The fourth-order valence-electron chi connectivity index (χ4n) is 2.67. The Morgan fingerprint density at radius 1 is 1.00 bits per heavy atom. The Kier molecular flexibility index (Phi) is 6.57. The predicted molar refractivity (Wildman–Crippen MR) is 98.9 cm³/mol. The van der Waals surface area contributed by atoms with Crippen molar-refractivity contribution >= 4 is 17.5 Å². The van der Waals surface area contributed by atoms with Crippen LogP contribution in [0.1, 0.15) is 23.6 Å². The van der Waals surface area contributed by atoms with Crippen molar-refractivity contribution in [3.8, 4) is 5.75 Å². The maximum Gasteiger partial charge on any atom is 0.313 e. The summed E-state index contributed by atoms with van der Waals surface area (Å²) in [7, 11) is 1.61. The molecule has 0 unspecified atom stereocenters. The maximum atomic E-state index is 12.2. The number of carbonyl (C=O) groups excluding carboxylic acids is 2. The van der Waals surface area contributed by atoms with E-state index in [1.165, 1.54) is 0 Å². The van der Waals surface area contributed by atoms with Gasteiger partial charge in [0.1, 0.15) is 5.75 Å². The molecule has 0 saturated heterocycles. The van der Waals surface area contributed by atoms with E-state index in [9.17, 15) is 9.59 Å². The van der Waals surface area contributed by atoms with Crippen molar-refractivity contribution in [1.82, 2.24) is 5.32 Å². The number of rotatable bonds is 6. The van der Waals surface area contributed by atoms with Gasteiger partial charge in [0.25, 0.3) is 0 Å². The lowest BCUT2D eigenvalue weighted by atomic mass is 10.1. The number of benzene rings is 2. The summed E-state index contributed by atoms with van der Waals surface area (Å²) in [4.78, 5) is 24.2. The van der Waals surface area contributed by atoms with Crippen molar-refractivity contribution in [2.75, 3.05) is 19.0 Å². The molecule has 5 heteroatoms. The second-order valence-corrected chi connectivity index (χ2v) is 5.73. The summed E-state index contributed by atoms with van der Waals surface area (Å²) < 4.78 is 5.28. The lowest BCUT2D eigenvalue weighted by Crippen LogP contribution is -2.36. The number of carbonyl (C=O) groups is 2. The van der Waals surface area contributed by atoms with Crippen LogP contribution < -0.4 is 15.4 Å². The highest BCUT2D eigenvalue weighted by atomic mass is 16.5. The number of aryl methyl sites for hydroxylation is 2. The zero-order valence-electron chi connectivity index (χ0n) is 14.9. The minimum absolute atomic E-state index is 0.362. The first kappa shape index (κ1) is 18.5. The summed E-state index contributed by atoms with van der Waals surface area (Å²) in [5, 5.41) is 5.38. The molecule has 0 saturated carbocycles. The highest BCUT2D eigenvalue weighted by Crippen LogP contribution is 2.21. The zero-order chi connectivity index (χ0) is 18.2. The third-order valence-corrected chi connectivity index (χ3v) is 4.06. The van der Waals surface area contributed by atoms with Crippen LogP contribution in [-0.4, -0.2) is 25.5 Å². The van der Waals surface area contributed by atoms with Crippen molar-refractivity contribution in [3.05, 3.63) is 59.2 Å². The van der Waals surface area contributed by atoms with Crippen LogP contribution in [-0.2, 0) is 22.4 Å². The van der Waals surface area contributed by atoms with Crippen molar-refractivity contribution in [2.45, 2.75) is 26.7 Å².